The second-order valence-electron chi connectivity index (χ2n) is 11.3. The number of benzene rings is 1. The van der Waals surface area contributed by atoms with E-state index in [1.165, 1.54) is 108 Å². The van der Waals surface area contributed by atoms with Gasteiger partial charge in [0.2, 0.25) is 12.1 Å². The van der Waals surface area contributed by atoms with Crippen LogP contribution in [0.3, 0.4) is 0 Å². The third-order valence-corrected chi connectivity index (χ3v) is 8.59. The SMILES string of the molecule is CCCCCCCCCCCCOC(O)C(O)(CSCc1ccccc1)OCCCCCCCCCCCC. The molecule has 4 nitrogen and oxygen atoms in total. The first-order valence-corrected chi connectivity index (χ1v) is 17.6. The van der Waals surface area contributed by atoms with Gasteiger partial charge in [0, 0.05) is 12.4 Å². The van der Waals surface area contributed by atoms with Gasteiger partial charge in [-0.3, -0.25) is 0 Å². The predicted octanol–water partition coefficient (Wildman–Crippen LogP) is 9.80. The molecule has 0 radical (unpaired) electrons. The second-order valence-corrected chi connectivity index (χ2v) is 12.2. The lowest BCUT2D eigenvalue weighted by atomic mass is 10.1. The van der Waals surface area contributed by atoms with Crippen LogP contribution in [-0.4, -0.2) is 41.3 Å². The molecule has 0 heterocycles. The first-order valence-electron chi connectivity index (χ1n) is 16.4. The number of ether oxygens (including phenoxy) is 2. The van der Waals surface area contributed by atoms with Crippen molar-refractivity contribution in [1.82, 2.24) is 0 Å². The number of aliphatic hydroxyl groups excluding tert-OH is 1. The number of hydrogen-bond donors (Lipinski definition) is 2. The minimum absolute atomic E-state index is 0.277. The van der Waals surface area contributed by atoms with Crippen LogP contribution in [0.2, 0.25) is 0 Å². The Kier molecular flexibility index (Phi) is 24.6. The average molecular weight is 567 g/mol. The summed E-state index contributed by atoms with van der Waals surface area (Å²) in [5.41, 5.74) is 1.19. The molecule has 0 fully saturated rings. The Morgan fingerprint density at radius 1 is 0.641 bits per heavy atom. The van der Waals surface area contributed by atoms with Gasteiger partial charge in [0.05, 0.1) is 12.4 Å². The molecule has 0 spiro atoms. The van der Waals surface area contributed by atoms with Gasteiger partial charge in [-0.15, -0.1) is 0 Å². The highest BCUT2D eigenvalue weighted by Gasteiger charge is 2.38. The van der Waals surface area contributed by atoms with Crippen LogP contribution >= 0.6 is 11.8 Å². The van der Waals surface area contributed by atoms with E-state index in [1.807, 2.05) is 18.2 Å². The molecule has 228 valence electrons. The summed E-state index contributed by atoms with van der Waals surface area (Å²) >= 11 is 1.57. The first-order chi connectivity index (χ1) is 19.1. The van der Waals surface area contributed by atoms with Crippen LogP contribution in [0, 0.1) is 0 Å². The van der Waals surface area contributed by atoms with Crippen molar-refractivity contribution in [2.75, 3.05) is 19.0 Å². The van der Waals surface area contributed by atoms with E-state index < -0.39 is 12.1 Å². The van der Waals surface area contributed by atoms with E-state index in [4.69, 9.17) is 9.47 Å². The molecule has 1 rings (SSSR count). The summed E-state index contributed by atoms with van der Waals surface area (Å²) in [6.45, 7) is 5.41. The van der Waals surface area contributed by atoms with Crippen LogP contribution in [0.15, 0.2) is 30.3 Å². The van der Waals surface area contributed by atoms with Crippen LogP contribution in [-0.2, 0) is 15.2 Å². The summed E-state index contributed by atoms with van der Waals surface area (Å²) in [7, 11) is 0. The fourth-order valence-corrected chi connectivity index (χ4v) is 5.88. The molecule has 0 bridgehead atoms. The fraction of sp³-hybridized carbons (Fsp3) is 0.824. The van der Waals surface area contributed by atoms with Gasteiger partial charge in [-0.1, -0.05) is 160 Å². The Morgan fingerprint density at radius 2 is 1.08 bits per heavy atom. The quantitative estimate of drug-likeness (QED) is 0.0746. The van der Waals surface area contributed by atoms with Crippen molar-refractivity contribution in [3.05, 3.63) is 35.9 Å². The Labute approximate surface area is 246 Å². The number of hydrogen-bond acceptors (Lipinski definition) is 5. The lowest BCUT2D eigenvalue weighted by molar-refractivity contribution is -0.312. The average Bonchev–Trinajstić information content (AvgIpc) is 2.95. The van der Waals surface area contributed by atoms with Crippen LogP contribution < -0.4 is 0 Å². The molecule has 1 aromatic carbocycles. The number of aliphatic hydroxyl groups is 2. The highest BCUT2D eigenvalue weighted by atomic mass is 32.2. The van der Waals surface area contributed by atoms with E-state index in [0.29, 0.717) is 13.2 Å². The van der Waals surface area contributed by atoms with Gasteiger partial charge < -0.3 is 19.7 Å². The van der Waals surface area contributed by atoms with E-state index in [-0.39, 0.29) is 5.75 Å². The molecule has 39 heavy (non-hydrogen) atoms. The molecular weight excluding hydrogens is 504 g/mol. The predicted molar refractivity (Wildman–Crippen MR) is 169 cm³/mol. The van der Waals surface area contributed by atoms with Gasteiger partial charge in [-0.25, -0.2) is 0 Å². The van der Waals surface area contributed by atoms with E-state index >= 15 is 0 Å². The minimum Gasteiger partial charge on any atom is -0.364 e. The molecule has 2 atom stereocenters. The van der Waals surface area contributed by atoms with Crippen LogP contribution in [0.1, 0.15) is 148 Å². The topological polar surface area (TPSA) is 58.9 Å². The van der Waals surface area contributed by atoms with Crippen molar-refractivity contribution in [2.24, 2.45) is 0 Å². The van der Waals surface area contributed by atoms with Crippen molar-refractivity contribution in [3.63, 3.8) is 0 Å². The van der Waals surface area contributed by atoms with Gasteiger partial charge >= 0.3 is 0 Å². The van der Waals surface area contributed by atoms with Crippen molar-refractivity contribution in [3.8, 4) is 0 Å². The summed E-state index contributed by atoms with van der Waals surface area (Å²) in [4.78, 5) is 0. The fourth-order valence-electron chi connectivity index (χ4n) is 4.83. The van der Waals surface area contributed by atoms with Gasteiger partial charge in [0.25, 0.3) is 0 Å². The number of thioether (sulfide) groups is 1. The second kappa shape index (κ2) is 26.3. The molecule has 0 aliphatic rings. The molecule has 0 aromatic heterocycles. The summed E-state index contributed by atoms with van der Waals surface area (Å²) < 4.78 is 11.6. The van der Waals surface area contributed by atoms with E-state index in [1.54, 1.807) is 11.8 Å². The highest BCUT2D eigenvalue weighted by Crippen LogP contribution is 2.24. The maximum atomic E-state index is 11.2. The monoisotopic (exact) mass is 566 g/mol. The zero-order valence-electron chi connectivity index (χ0n) is 25.6. The lowest BCUT2D eigenvalue weighted by Gasteiger charge is -2.32. The third kappa shape index (κ3) is 20.9. The molecule has 1 aromatic rings. The van der Waals surface area contributed by atoms with Gasteiger partial charge in [0.15, 0.2) is 0 Å². The highest BCUT2D eigenvalue weighted by molar-refractivity contribution is 7.98. The largest absolute Gasteiger partial charge is 0.364 e. The Bertz CT molecular complexity index is 629. The smallest absolute Gasteiger partial charge is 0.227 e. The summed E-state index contributed by atoms with van der Waals surface area (Å²) in [5, 5.41) is 22.0. The van der Waals surface area contributed by atoms with Gasteiger partial charge in [-0.2, -0.15) is 11.8 Å². The maximum absolute atomic E-state index is 11.2. The van der Waals surface area contributed by atoms with E-state index in [2.05, 4.69) is 26.0 Å². The first kappa shape index (κ1) is 36.4. The Balaban J connectivity index is 2.28. The lowest BCUT2D eigenvalue weighted by Crippen LogP contribution is -2.49. The molecule has 0 amide bonds. The van der Waals surface area contributed by atoms with Crippen LogP contribution in [0.5, 0.6) is 0 Å². The maximum Gasteiger partial charge on any atom is 0.227 e. The van der Waals surface area contributed by atoms with E-state index in [0.717, 1.165) is 31.4 Å². The molecule has 0 aliphatic heterocycles. The summed E-state index contributed by atoms with van der Waals surface area (Å²) in [6, 6.07) is 10.2. The molecule has 5 heteroatoms. The Hall–Kier alpha value is -0.590. The molecule has 2 N–H and O–H groups in total. The van der Waals surface area contributed by atoms with Gasteiger partial charge in [-0.05, 0) is 18.4 Å². The third-order valence-electron chi connectivity index (χ3n) is 7.43. The van der Waals surface area contributed by atoms with Crippen LogP contribution in [0.4, 0.5) is 0 Å². The minimum atomic E-state index is -1.68. The van der Waals surface area contributed by atoms with E-state index in [9.17, 15) is 10.2 Å². The molecule has 0 saturated carbocycles. The molecule has 0 saturated heterocycles. The van der Waals surface area contributed by atoms with Crippen molar-refractivity contribution in [1.29, 1.82) is 0 Å². The van der Waals surface area contributed by atoms with Crippen molar-refractivity contribution in [2.45, 2.75) is 160 Å². The number of rotatable bonds is 29. The van der Waals surface area contributed by atoms with Crippen LogP contribution in [0.25, 0.3) is 0 Å². The normalized spacial score (nSPS) is 13.9. The summed E-state index contributed by atoms with van der Waals surface area (Å²) in [6.07, 6.45) is 23.7. The molecule has 2 unspecified atom stereocenters. The summed E-state index contributed by atoms with van der Waals surface area (Å²) in [5.74, 6) is -0.647. The van der Waals surface area contributed by atoms with Crippen molar-refractivity contribution < 1.29 is 19.7 Å². The molecule has 0 aliphatic carbocycles. The zero-order valence-corrected chi connectivity index (χ0v) is 26.4. The Morgan fingerprint density at radius 3 is 1.56 bits per heavy atom. The molecular formula is C34H62O4S. The zero-order chi connectivity index (χ0) is 28.3. The van der Waals surface area contributed by atoms with Crippen molar-refractivity contribution >= 4 is 11.8 Å². The standard InChI is InChI=1S/C34H62O4S/c1-3-5-7-9-11-13-15-17-19-24-28-37-33(35)34(36,31-39-30-32-26-22-21-23-27-32)38-29-25-20-18-16-14-12-10-8-6-4-2/h21-23,26-27,33,35-36H,3-20,24-25,28-31H2,1-2H3. The number of unbranched alkanes of at least 4 members (excludes halogenated alkanes) is 18. The van der Waals surface area contributed by atoms with Gasteiger partial charge in [0.1, 0.15) is 0 Å².